The van der Waals surface area contributed by atoms with Crippen LogP contribution in [0.15, 0.2) is 60.8 Å². The van der Waals surface area contributed by atoms with Crippen molar-refractivity contribution in [2.45, 2.75) is 25.3 Å². The zero-order valence-corrected chi connectivity index (χ0v) is 17.2. The first-order valence-corrected chi connectivity index (χ1v) is 10.5. The Morgan fingerprint density at radius 3 is 2.61 bits per heavy atom. The molecule has 146 valence electrons. The van der Waals surface area contributed by atoms with Gasteiger partial charge in [0, 0.05) is 55.5 Å². The Kier molecular flexibility index (Phi) is 5.93. The molecule has 0 bridgehead atoms. The number of nitrogens with one attached hydrogen (secondary N) is 2. The number of para-hydroxylation sites is 2. The van der Waals surface area contributed by atoms with Gasteiger partial charge in [-0.05, 0) is 55.2 Å². The van der Waals surface area contributed by atoms with E-state index in [9.17, 15) is 0 Å². The zero-order chi connectivity index (χ0) is 19.3. The average Bonchev–Trinajstić information content (AvgIpc) is 3.16. The number of H-pyrrole nitrogens is 1. The molecule has 28 heavy (non-hydrogen) atoms. The number of hydrogen-bond donors (Lipinski definition) is 2. The molecule has 1 fully saturated rings. The number of aromatic amines is 1. The number of anilines is 1. The first-order chi connectivity index (χ1) is 13.7. The summed E-state index contributed by atoms with van der Waals surface area (Å²) in [4.78, 5) is 8.20. The molecule has 0 unspecified atom stereocenters. The van der Waals surface area contributed by atoms with Crippen molar-refractivity contribution in [3.05, 3.63) is 66.4 Å². The molecule has 4 rings (SSSR count). The summed E-state index contributed by atoms with van der Waals surface area (Å²) in [6, 6.07) is 19.2. The topological polar surface area (TPSA) is 34.3 Å². The number of nitrogens with zero attached hydrogens (tertiary/aromatic N) is 2. The number of likely N-dealkylation sites (tertiary alicyclic amines) is 1. The van der Waals surface area contributed by atoms with Crippen LogP contribution in [0, 0.1) is 0 Å². The quantitative estimate of drug-likeness (QED) is 0.627. The van der Waals surface area contributed by atoms with E-state index in [-0.39, 0.29) is 0 Å². The van der Waals surface area contributed by atoms with Gasteiger partial charge >= 0.3 is 0 Å². The Morgan fingerprint density at radius 1 is 1.11 bits per heavy atom. The highest BCUT2D eigenvalue weighted by atomic mass is 32.1. The molecule has 1 aromatic heterocycles. The lowest BCUT2D eigenvalue weighted by Crippen LogP contribution is -2.47. The first kappa shape index (κ1) is 19.0. The Bertz CT molecular complexity index is 913. The van der Waals surface area contributed by atoms with E-state index in [0.29, 0.717) is 6.04 Å². The van der Waals surface area contributed by atoms with Gasteiger partial charge in [-0.25, -0.2) is 0 Å². The van der Waals surface area contributed by atoms with Crippen LogP contribution in [0.3, 0.4) is 0 Å². The van der Waals surface area contributed by atoms with Crippen LogP contribution in [0.25, 0.3) is 10.9 Å². The van der Waals surface area contributed by atoms with Gasteiger partial charge in [0.1, 0.15) is 0 Å². The minimum atomic E-state index is 0.507. The van der Waals surface area contributed by atoms with Gasteiger partial charge in [-0.1, -0.05) is 36.4 Å². The number of thiocarbonyl (C=S) groups is 1. The molecule has 0 atom stereocenters. The summed E-state index contributed by atoms with van der Waals surface area (Å²) in [6.07, 6.45) is 5.57. The van der Waals surface area contributed by atoms with Gasteiger partial charge < -0.3 is 20.1 Å². The molecule has 2 aromatic carbocycles. The molecular formula is C23H28N4S. The van der Waals surface area contributed by atoms with Gasteiger partial charge in [-0.15, -0.1) is 0 Å². The second-order valence-electron chi connectivity index (χ2n) is 7.59. The summed E-state index contributed by atoms with van der Waals surface area (Å²) in [6.45, 7) is 3.38. The maximum atomic E-state index is 5.62. The van der Waals surface area contributed by atoms with Crippen molar-refractivity contribution in [3.63, 3.8) is 0 Å². The number of rotatable bonds is 5. The van der Waals surface area contributed by atoms with Crippen LogP contribution in [-0.4, -0.2) is 52.6 Å². The minimum Gasteiger partial charge on any atom is -0.361 e. The second-order valence-corrected chi connectivity index (χ2v) is 7.98. The van der Waals surface area contributed by atoms with Gasteiger partial charge in [0.05, 0.1) is 0 Å². The summed E-state index contributed by atoms with van der Waals surface area (Å²) in [5.74, 6) is 0. The molecule has 1 saturated heterocycles. The molecular weight excluding hydrogens is 364 g/mol. The molecule has 0 radical (unpaired) electrons. The maximum Gasteiger partial charge on any atom is 0.173 e. The van der Waals surface area contributed by atoms with E-state index in [1.807, 2.05) is 30.3 Å². The SMILES string of the molecule is CN(C(=S)Nc1ccccc1)C1CCN(CCc2c[nH]c3ccccc23)CC1. The molecule has 2 N–H and O–H groups in total. The van der Waals surface area contributed by atoms with Crippen LogP contribution in [0.4, 0.5) is 5.69 Å². The lowest BCUT2D eigenvalue weighted by molar-refractivity contribution is 0.168. The van der Waals surface area contributed by atoms with Crippen LogP contribution in [0.2, 0.25) is 0 Å². The van der Waals surface area contributed by atoms with Gasteiger partial charge in [0.15, 0.2) is 5.11 Å². The summed E-state index contributed by atoms with van der Waals surface area (Å²) in [5.41, 5.74) is 3.70. The monoisotopic (exact) mass is 392 g/mol. The zero-order valence-electron chi connectivity index (χ0n) is 16.4. The summed E-state index contributed by atoms with van der Waals surface area (Å²) in [5, 5.41) is 5.52. The smallest absolute Gasteiger partial charge is 0.173 e. The van der Waals surface area contributed by atoms with E-state index < -0.39 is 0 Å². The number of fused-ring (bicyclic) bond motifs is 1. The van der Waals surface area contributed by atoms with Crippen molar-refractivity contribution in [3.8, 4) is 0 Å². The van der Waals surface area contributed by atoms with Crippen molar-refractivity contribution >= 4 is 33.9 Å². The fourth-order valence-corrected chi connectivity index (χ4v) is 4.31. The third-order valence-corrected chi connectivity index (χ3v) is 6.21. The summed E-state index contributed by atoms with van der Waals surface area (Å²) in [7, 11) is 2.12. The number of piperidine rings is 1. The number of aromatic nitrogens is 1. The third kappa shape index (κ3) is 4.37. The molecule has 0 aliphatic carbocycles. The lowest BCUT2D eigenvalue weighted by Gasteiger charge is -2.38. The van der Waals surface area contributed by atoms with E-state index in [0.717, 1.165) is 49.7 Å². The van der Waals surface area contributed by atoms with Crippen molar-refractivity contribution in [2.24, 2.45) is 0 Å². The number of benzene rings is 2. The van der Waals surface area contributed by atoms with E-state index in [2.05, 4.69) is 57.6 Å². The van der Waals surface area contributed by atoms with Gasteiger partial charge in [0.2, 0.25) is 0 Å². The van der Waals surface area contributed by atoms with E-state index in [1.165, 1.54) is 16.5 Å². The molecule has 4 nitrogen and oxygen atoms in total. The largest absolute Gasteiger partial charge is 0.361 e. The minimum absolute atomic E-state index is 0.507. The second kappa shape index (κ2) is 8.76. The van der Waals surface area contributed by atoms with E-state index >= 15 is 0 Å². The molecule has 5 heteroatoms. The third-order valence-electron chi connectivity index (χ3n) is 5.82. The van der Waals surface area contributed by atoms with Crippen LogP contribution >= 0.6 is 12.2 Å². The fraction of sp³-hybridized carbons (Fsp3) is 0.348. The molecule has 2 heterocycles. The fourth-order valence-electron chi connectivity index (χ4n) is 4.05. The van der Waals surface area contributed by atoms with Crippen molar-refractivity contribution in [1.29, 1.82) is 0 Å². The predicted octanol–water partition coefficient (Wildman–Crippen LogP) is 4.50. The van der Waals surface area contributed by atoms with Crippen LogP contribution in [-0.2, 0) is 6.42 Å². The predicted molar refractivity (Wildman–Crippen MR) is 122 cm³/mol. The van der Waals surface area contributed by atoms with Crippen LogP contribution < -0.4 is 5.32 Å². The Morgan fingerprint density at radius 2 is 1.82 bits per heavy atom. The average molecular weight is 393 g/mol. The maximum absolute atomic E-state index is 5.62. The number of hydrogen-bond acceptors (Lipinski definition) is 2. The van der Waals surface area contributed by atoms with Crippen molar-refractivity contribution < 1.29 is 0 Å². The molecule has 3 aromatic rings. The molecule has 1 aliphatic heterocycles. The van der Waals surface area contributed by atoms with Gasteiger partial charge in [-0.2, -0.15) is 0 Å². The van der Waals surface area contributed by atoms with Crippen LogP contribution in [0.1, 0.15) is 18.4 Å². The van der Waals surface area contributed by atoms with E-state index in [4.69, 9.17) is 12.2 Å². The highest BCUT2D eigenvalue weighted by Gasteiger charge is 2.24. The molecule has 0 saturated carbocycles. The Hall–Kier alpha value is -2.37. The Balaban J connectivity index is 1.25. The Labute approximate surface area is 172 Å². The lowest BCUT2D eigenvalue weighted by atomic mass is 10.0. The standard InChI is InChI=1S/C23H28N4S/c1-26(23(28)25-19-7-3-2-4-8-19)20-12-15-27(16-13-20)14-11-18-17-24-22-10-6-5-9-21(18)22/h2-10,17,20,24H,11-16H2,1H3,(H,25,28). The van der Waals surface area contributed by atoms with Gasteiger partial charge in [-0.3, -0.25) is 0 Å². The van der Waals surface area contributed by atoms with Crippen LogP contribution in [0.5, 0.6) is 0 Å². The van der Waals surface area contributed by atoms with Crippen molar-refractivity contribution in [1.82, 2.24) is 14.8 Å². The van der Waals surface area contributed by atoms with E-state index in [1.54, 1.807) is 0 Å². The van der Waals surface area contributed by atoms with Gasteiger partial charge in [0.25, 0.3) is 0 Å². The van der Waals surface area contributed by atoms with Crippen molar-refractivity contribution in [2.75, 3.05) is 32.0 Å². The first-order valence-electron chi connectivity index (χ1n) is 10.1. The highest BCUT2D eigenvalue weighted by Crippen LogP contribution is 2.20. The normalized spacial score (nSPS) is 15.6. The summed E-state index contributed by atoms with van der Waals surface area (Å²) < 4.78 is 0. The highest BCUT2D eigenvalue weighted by molar-refractivity contribution is 7.80. The molecule has 0 amide bonds. The summed E-state index contributed by atoms with van der Waals surface area (Å²) >= 11 is 5.62. The molecule has 1 aliphatic rings. The molecule has 0 spiro atoms.